The number of piperidine rings is 1. The van der Waals surface area contributed by atoms with Crippen LogP contribution in [0.3, 0.4) is 0 Å². The van der Waals surface area contributed by atoms with Gasteiger partial charge in [-0.3, -0.25) is 9.59 Å². The van der Waals surface area contributed by atoms with Crippen LogP contribution in [-0.2, 0) is 11.3 Å². The molecule has 1 aromatic rings. The third-order valence-corrected chi connectivity index (χ3v) is 4.53. The fraction of sp³-hybridized carbons (Fsp3) is 0.500. The molecule has 0 saturated carbocycles. The summed E-state index contributed by atoms with van der Waals surface area (Å²) >= 11 is 0. The lowest BCUT2D eigenvalue weighted by Crippen LogP contribution is -2.48. The highest BCUT2D eigenvalue weighted by Crippen LogP contribution is 2.36. The van der Waals surface area contributed by atoms with E-state index in [0.717, 1.165) is 18.4 Å². The molecule has 0 radical (unpaired) electrons. The van der Waals surface area contributed by atoms with Gasteiger partial charge in [0, 0.05) is 24.2 Å². The smallest absolute Gasteiger partial charge is 0.254 e. The zero-order chi connectivity index (χ0) is 14.8. The monoisotopic (exact) mass is 288 g/mol. The first kappa shape index (κ1) is 14.1. The van der Waals surface area contributed by atoms with Crippen molar-refractivity contribution in [1.82, 2.24) is 10.2 Å². The van der Waals surface area contributed by atoms with Gasteiger partial charge in [0.2, 0.25) is 6.41 Å². The predicted molar refractivity (Wildman–Crippen MR) is 77.6 cm³/mol. The van der Waals surface area contributed by atoms with Crippen LogP contribution in [0.2, 0.25) is 0 Å². The zero-order valence-electron chi connectivity index (χ0n) is 11.9. The Bertz CT molecular complexity index is 515. The summed E-state index contributed by atoms with van der Waals surface area (Å²) in [5, 5.41) is 12.4. The van der Waals surface area contributed by atoms with Crippen molar-refractivity contribution in [2.45, 2.75) is 50.4 Å². The molecule has 1 aromatic carbocycles. The topological polar surface area (TPSA) is 69.6 Å². The number of carbonyl (C=O) groups is 2. The van der Waals surface area contributed by atoms with Crippen LogP contribution in [0.25, 0.3) is 0 Å². The quantitative estimate of drug-likeness (QED) is 0.814. The summed E-state index contributed by atoms with van der Waals surface area (Å²) < 4.78 is 0. The number of aliphatic hydroxyl groups excluding tert-OH is 1. The number of aliphatic hydroxyl groups is 1. The molecule has 2 N–H and O–H groups in total. The fourth-order valence-corrected chi connectivity index (χ4v) is 3.55. The average molecular weight is 288 g/mol. The summed E-state index contributed by atoms with van der Waals surface area (Å²) in [6.45, 7) is 0.471. The summed E-state index contributed by atoms with van der Waals surface area (Å²) in [6.07, 6.45) is 3.79. The predicted octanol–water partition coefficient (Wildman–Crippen LogP) is 1.06. The van der Waals surface area contributed by atoms with Gasteiger partial charge in [-0.15, -0.1) is 0 Å². The third kappa shape index (κ3) is 2.78. The van der Waals surface area contributed by atoms with Gasteiger partial charge in [0.1, 0.15) is 0 Å². The lowest BCUT2D eigenvalue weighted by Gasteiger charge is -2.37. The maximum Gasteiger partial charge on any atom is 0.254 e. The Kier molecular flexibility index (Phi) is 3.92. The number of nitrogens with zero attached hydrogens (tertiary/aromatic N) is 1. The van der Waals surface area contributed by atoms with Gasteiger partial charge in [0.05, 0.1) is 6.10 Å². The Balaban J connectivity index is 1.72. The minimum atomic E-state index is -0.261. The SMILES string of the molecule is O=CNCc1ccc(C(=O)N2C3CCC2CC(O)C3)cc1. The minimum absolute atomic E-state index is 0.0595. The van der Waals surface area contributed by atoms with Crippen molar-refractivity contribution >= 4 is 12.3 Å². The van der Waals surface area contributed by atoms with Crippen molar-refractivity contribution in [3.05, 3.63) is 35.4 Å². The maximum absolute atomic E-state index is 12.7. The van der Waals surface area contributed by atoms with E-state index < -0.39 is 0 Å². The van der Waals surface area contributed by atoms with E-state index in [0.29, 0.717) is 31.4 Å². The van der Waals surface area contributed by atoms with Crippen LogP contribution in [0.15, 0.2) is 24.3 Å². The summed E-state index contributed by atoms with van der Waals surface area (Å²) in [5.41, 5.74) is 1.65. The van der Waals surface area contributed by atoms with Crippen LogP contribution < -0.4 is 5.32 Å². The van der Waals surface area contributed by atoms with Gasteiger partial charge in [-0.25, -0.2) is 0 Å². The molecule has 2 heterocycles. The second-order valence-electron chi connectivity index (χ2n) is 5.92. The van der Waals surface area contributed by atoms with Gasteiger partial charge in [-0.1, -0.05) is 12.1 Å². The van der Waals surface area contributed by atoms with Gasteiger partial charge in [-0.2, -0.15) is 0 Å². The third-order valence-electron chi connectivity index (χ3n) is 4.53. The number of carbonyl (C=O) groups excluding carboxylic acids is 2. The van der Waals surface area contributed by atoms with E-state index in [1.807, 2.05) is 29.2 Å². The van der Waals surface area contributed by atoms with E-state index in [-0.39, 0.29) is 24.1 Å². The molecular formula is C16H20N2O3. The van der Waals surface area contributed by atoms with Gasteiger partial charge < -0.3 is 15.3 Å². The number of hydrogen-bond donors (Lipinski definition) is 2. The Hall–Kier alpha value is -1.88. The number of hydrogen-bond acceptors (Lipinski definition) is 3. The maximum atomic E-state index is 12.7. The van der Waals surface area contributed by atoms with Crippen molar-refractivity contribution in [1.29, 1.82) is 0 Å². The van der Waals surface area contributed by atoms with Gasteiger partial charge in [0.25, 0.3) is 5.91 Å². The highest BCUT2D eigenvalue weighted by molar-refractivity contribution is 5.95. The van der Waals surface area contributed by atoms with Crippen molar-refractivity contribution < 1.29 is 14.7 Å². The second-order valence-corrected chi connectivity index (χ2v) is 5.92. The summed E-state index contributed by atoms with van der Waals surface area (Å²) in [6, 6.07) is 7.73. The standard InChI is InChI=1S/C16H20N2O3/c19-10-17-9-11-1-3-12(4-2-11)16(21)18-13-5-6-14(18)8-15(20)7-13/h1-4,10,13-15,20H,5-9H2,(H,17,19). The summed E-state index contributed by atoms with van der Waals surface area (Å²) in [7, 11) is 0. The van der Waals surface area contributed by atoms with Crippen molar-refractivity contribution in [2.24, 2.45) is 0 Å². The first-order chi connectivity index (χ1) is 10.2. The Morgan fingerprint density at radius 3 is 2.43 bits per heavy atom. The van der Waals surface area contributed by atoms with Crippen LogP contribution in [-0.4, -0.2) is 40.5 Å². The second kappa shape index (κ2) is 5.85. The molecule has 0 aromatic heterocycles. The Morgan fingerprint density at radius 1 is 1.24 bits per heavy atom. The highest BCUT2D eigenvalue weighted by atomic mass is 16.3. The number of nitrogens with one attached hydrogen (secondary N) is 1. The number of benzene rings is 1. The first-order valence-electron chi connectivity index (χ1n) is 7.45. The van der Waals surface area contributed by atoms with Crippen molar-refractivity contribution in [3.63, 3.8) is 0 Å². The molecule has 2 aliphatic rings. The molecule has 2 bridgehead atoms. The van der Waals surface area contributed by atoms with Crippen LogP contribution in [0, 0.1) is 0 Å². The van der Waals surface area contributed by atoms with Crippen molar-refractivity contribution in [3.8, 4) is 0 Å². The molecule has 2 amide bonds. The highest BCUT2D eigenvalue weighted by Gasteiger charge is 2.42. The van der Waals surface area contributed by atoms with E-state index in [1.165, 1.54) is 0 Å². The van der Waals surface area contributed by atoms with E-state index >= 15 is 0 Å². The fourth-order valence-electron chi connectivity index (χ4n) is 3.55. The molecule has 21 heavy (non-hydrogen) atoms. The van der Waals surface area contributed by atoms with Crippen LogP contribution in [0.5, 0.6) is 0 Å². The van der Waals surface area contributed by atoms with E-state index in [1.54, 1.807) is 0 Å². The molecule has 2 fully saturated rings. The average Bonchev–Trinajstić information content (AvgIpc) is 2.77. The van der Waals surface area contributed by atoms with Crippen LogP contribution in [0.4, 0.5) is 0 Å². The van der Waals surface area contributed by atoms with Crippen LogP contribution >= 0.6 is 0 Å². The minimum Gasteiger partial charge on any atom is -0.393 e. The molecule has 5 nitrogen and oxygen atoms in total. The first-order valence-corrected chi connectivity index (χ1v) is 7.45. The molecule has 112 valence electrons. The summed E-state index contributed by atoms with van der Waals surface area (Å²) in [4.78, 5) is 24.9. The number of fused-ring (bicyclic) bond motifs is 2. The Labute approximate surface area is 123 Å². The Morgan fingerprint density at radius 2 is 1.86 bits per heavy atom. The molecule has 2 aliphatic heterocycles. The van der Waals surface area contributed by atoms with Crippen molar-refractivity contribution in [2.75, 3.05) is 0 Å². The molecule has 2 unspecified atom stereocenters. The van der Waals surface area contributed by atoms with E-state index in [4.69, 9.17) is 0 Å². The van der Waals surface area contributed by atoms with Gasteiger partial charge >= 0.3 is 0 Å². The lowest BCUT2D eigenvalue weighted by molar-refractivity contribution is -0.109. The molecule has 2 saturated heterocycles. The lowest BCUT2D eigenvalue weighted by atomic mass is 9.98. The molecule has 5 heteroatoms. The van der Waals surface area contributed by atoms with Crippen LogP contribution in [0.1, 0.15) is 41.6 Å². The molecule has 0 aliphatic carbocycles. The molecule has 3 rings (SSSR count). The molecule has 0 spiro atoms. The van der Waals surface area contributed by atoms with E-state index in [2.05, 4.69) is 5.32 Å². The van der Waals surface area contributed by atoms with Gasteiger partial charge in [-0.05, 0) is 43.4 Å². The molecular weight excluding hydrogens is 268 g/mol. The number of amides is 2. The summed E-state index contributed by atoms with van der Waals surface area (Å²) in [5.74, 6) is 0.0595. The van der Waals surface area contributed by atoms with Gasteiger partial charge in [0.15, 0.2) is 0 Å². The number of rotatable bonds is 4. The zero-order valence-corrected chi connectivity index (χ0v) is 11.9. The molecule has 2 atom stereocenters. The van der Waals surface area contributed by atoms with E-state index in [9.17, 15) is 14.7 Å². The normalized spacial score (nSPS) is 27.5. The largest absolute Gasteiger partial charge is 0.393 e.